The molecule has 0 saturated heterocycles. The molecule has 2 aromatic heterocycles. The van der Waals surface area contributed by atoms with E-state index in [0.29, 0.717) is 17.3 Å². The number of carbonyl (C=O) groups is 1. The van der Waals surface area contributed by atoms with Gasteiger partial charge in [0.15, 0.2) is 0 Å². The third-order valence-corrected chi connectivity index (χ3v) is 4.11. The van der Waals surface area contributed by atoms with Crippen molar-refractivity contribution in [2.75, 3.05) is 0 Å². The lowest BCUT2D eigenvalue weighted by atomic mass is 9.99. The monoisotopic (exact) mass is 324 g/mol. The summed E-state index contributed by atoms with van der Waals surface area (Å²) in [6.45, 7) is 9.37. The van der Waals surface area contributed by atoms with Crippen LogP contribution in [-0.4, -0.2) is 21.1 Å². The lowest BCUT2D eigenvalue weighted by Gasteiger charge is -2.15. The Labute approximate surface area is 140 Å². The molecule has 0 aliphatic rings. The minimum absolute atomic E-state index is 0.169. The molecule has 0 fully saturated rings. The first-order chi connectivity index (χ1) is 11.4. The Morgan fingerprint density at radius 2 is 1.92 bits per heavy atom. The Kier molecular flexibility index (Phi) is 4.05. The minimum Gasteiger partial charge on any atom is -0.423 e. The molecule has 124 valence electrons. The summed E-state index contributed by atoms with van der Waals surface area (Å²) in [5.74, 6) is 0.699. The number of hydrogen-bond acceptors (Lipinski definition) is 5. The van der Waals surface area contributed by atoms with Gasteiger partial charge in [-0.05, 0) is 45.4 Å². The lowest BCUT2D eigenvalue weighted by Crippen LogP contribution is -2.28. The highest BCUT2D eigenvalue weighted by Gasteiger charge is 2.21. The molecule has 1 atom stereocenters. The van der Waals surface area contributed by atoms with E-state index in [1.807, 2.05) is 45.9 Å². The molecule has 0 spiro atoms. The van der Waals surface area contributed by atoms with Crippen LogP contribution in [0.3, 0.4) is 0 Å². The van der Waals surface area contributed by atoms with Crippen molar-refractivity contribution in [2.45, 2.75) is 40.7 Å². The summed E-state index contributed by atoms with van der Waals surface area (Å²) in [6.07, 6.45) is 0. The van der Waals surface area contributed by atoms with Crippen LogP contribution in [0.15, 0.2) is 22.6 Å². The van der Waals surface area contributed by atoms with Gasteiger partial charge in [-0.15, -0.1) is 10.2 Å². The van der Waals surface area contributed by atoms with Crippen LogP contribution in [-0.2, 0) is 0 Å². The number of fused-ring (bicyclic) bond motifs is 1. The molecule has 1 aromatic carbocycles. The van der Waals surface area contributed by atoms with Crippen molar-refractivity contribution in [1.29, 1.82) is 0 Å². The summed E-state index contributed by atoms with van der Waals surface area (Å²) < 4.78 is 5.39. The van der Waals surface area contributed by atoms with Crippen LogP contribution < -0.4 is 5.32 Å². The van der Waals surface area contributed by atoms with Gasteiger partial charge in [0.25, 0.3) is 5.91 Å². The highest BCUT2D eigenvalue weighted by atomic mass is 16.4. The predicted molar refractivity (Wildman–Crippen MR) is 90.9 cm³/mol. The molecule has 6 heteroatoms. The molecular weight excluding hydrogens is 304 g/mol. The Bertz CT molecular complexity index is 930. The van der Waals surface area contributed by atoms with Crippen molar-refractivity contribution in [2.24, 2.45) is 0 Å². The maximum absolute atomic E-state index is 12.9. The van der Waals surface area contributed by atoms with E-state index in [4.69, 9.17) is 4.42 Å². The van der Waals surface area contributed by atoms with Crippen molar-refractivity contribution >= 4 is 16.8 Å². The number of nitrogens with one attached hydrogen (secondary N) is 1. The maximum Gasteiger partial charge on any atom is 0.252 e. The maximum atomic E-state index is 12.9. The van der Waals surface area contributed by atoms with Crippen LogP contribution in [0, 0.1) is 27.7 Å². The van der Waals surface area contributed by atoms with E-state index in [-0.39, 0.29) is 11.9 Å². The van der Waals surface area contributed by atoms with Crippen LogP contribution in [0.4, 0.5) is 0 Å². The van der Waals surface area contributed by atoms with Gasteiger partial charge in [-0.1, -0.05) is 11.6 Å². The second-order valence-corrected chi connectivity index (χ2v) is 6.07. The molecule has 1 amide bonds. The van der Waals surface area contributed by atoms with Gasteiger partial charge >= 0.3 is 0 Å². The van der Waals surface area contributed by atoms with Crippen molar-refractivity contribution < 1.29 is 9.21 Å². The summed E-state index contributed by atoms with van der Waals surface area (Å²) >= 11 is 0. The molecule has 0 unspecified atom stereocenters. The third kappa shape index (κ3) is 2.87. The number of amides is 1. The number of aromatic nitrogens is 3. The van der Waals surface area contributed by atoms with Crippen LogP contribution in [0.1, 0.15) is 51.9 Å². The Hall–Kier alpha value is -2.76. The standard InChI is InChI=1S/C18H20N4O2/c1-9-6-7-15-14(8-9)16(10(2)11(3)19-15)17(23)20-12(4)18-22-21-13(5)24-18/h6-8,12H,1-5H3,(H,20,23)/t12-/m1/s1. The fraction of sp³-hybridized carbons (Fsp3) is 0.333. The summed E-state index contributed by atoms with van der Waals surface area (Å²) in [4.78, 5) is 17.5. The molecule has 3 aromatic rings. The largest absolute Gasteiger partial charge is 0.423 e. The smallest absolute Gasteiger partial charge is 0.252 e. The highest BCUT2D eigenvalue weighted by Crippen LogP contribution is 2.25. The van der Waals surface area contributed by atoms with Crippen LogP contribution in [0.5, 0.6) is 0 Å². The first-order valence-electron chi connectivity index (χ1n) is 7.85. The molecule has 0 radical (unpaired) electrons. The summed E-state index contributed by atoms with van der Waals surface area (Å²) in [5.41, 5.74) is 4.26. The Morgan fingerprint density at radius 1 is 1.17 bits per heavy atom. The normalized spacial score (nSPS) is 12.4. The average Bonchev–Trinajstić information content (AvgIpc) is 2.95. The van der Waals surface area contributed by atoms with E-state index < -0.39 is 0 Å². The molecule has 0 bridgehead atoms. The molecule has 0 aliphatic heterocycles. The second-order valence-electron chi connectivity index (χ2n) is 6.07. The zero-order valence-electron chi connectivity index (χ0n) is 14.5. The summed E-state index contributed by atoms with van der Waals surface area (Å²) in [6, 6.07) is 5.56. The zero-order valence-corrected chi connectivity index (χ0v) is 14.5. The van der Waals surface area contributed by atoms with E-state index in [1.165, 1.54) is 0 Å². The number of benzene rings is 1. The topological polar surface area (TPSA) is 80.9 Å². The molecule has 3 rings (SSSR count). The van der Waals surface area contributed by atoms with Gasteiger partial charge in [0.2, 0.25) is 11.8 Å². The van der Waals surface area contributed by atoms with Crippen molar-refractivity contribution in [3.63, 3.8) is 0 Å². The van der Waals surface area contributed by atoms with Gasteiger partial charge in [-0.25, -0.2) is 0 Å². The molecule has 0 aliphatic carbocycles. The SMILES string of the molecule is Cc1ccc2nc(C)c(C)c(C(=O)N[C@H](C)c3nnc(C)o3)c2c1. The number of rotatable bonds is 3. The van der Waals surface area contributed by atoms with Crippen LogP contribution in [0.2, 0.25) is 0 Å². The van der Waals surface area contributed by atoms with Crippen molar-refractivity contribution in [3.8, 4) is 0 Å². The number of carbonyl (C=O) groups excluding carboxylic acids is 1. The molecule has 6 nitrogen and oxygen atoms in total. The number of nitrogens with zero attached hydrogens (tertiary/aromatic N) is 3. The van der Waals surface area contributed by atoms with Crippen LogP contribution >= 0.6 is 0 Å². The van der Waals surface area contributed by atoms with E-state index in [2.05, 4.69) is 20.5 Å². The second kappa shape index (κ2) is 6.03. The van der Waals surface area contributed by atoms with E-state index >= 15 is 0 Å². The van der Waals surface area contributed by atoms with E-state index in [9.17, 15) is 4.79 Å². The third-order valence-electron chi connectivity index (χ3n) is 4.11. The van der Waals surface area contributed by atoms with Crippen molar-refractivity contribution in [1.82, 2.24) is 20.5 Å². The lowest BCUT2D eigenvalue weighted by molar-refractivity contribution is 0.0935. The van der Waals surface area contributed by atoms with Gasteiger partial charge in [0.1, 0.15) is 6.04 Å². The first kappa shape index (κ1) is 16.1. The predicted octanol–water partition coefficient (Wildman–Crippen LogP) is 3.34. The molecule has 1 N–H and O–H groups in total. The molecule has 2 heterocycles. The molecule has 0 saturated carbocycles. The van der Waals surface area contributed by atoms with Gasteiger partial charge in [0, 0.05) is 18.0 Å². The zero-order chi connectivity index (χ0) is 17.4. The van der Waals surface area contributed by atoms with E-state index in [0.717, 1.165) is 27.7 Å². The van der Waals surface area contributed by atoms with Gasteiger partial charge < -0.3 is 9.73 Å². The average molecular weight is 324 g/mol. The van der Waals surface area contributed by atoms with Gasteiger partial charge in [-0.3, -0.25) is 9.78 Å². The van der Waals surface area contributed by atoms with Gasteiger partial charge in [0.05, 0.1) is 11.1 Å². The van der Waals surface area contributed by atoms with Crippen molar-refractivity contribution in [3.05, 3.63) is 52.4 Å². The highest BCUT2D eigenvalue weighted by molar-refractivity contribution is 6.07. The minimum atomic E-state index is -0.369. The first-order valence-corrected chi connectivity index (χ1v) is 7.85. The Balaban J connectivity index is 2.02. The summed E-state index contributed by atoms with van der Waals surface area (Å²) in [7, 11) is 0. The van der Waals surface area contributed by atoms with Gasteiger partial charge in [-0.2, -0.15) is 0 Å². The quantitative estimate of drug-likeness (QED) is 0.799. The Morgan fingerprint density at radius 3 is 2.58 bits per heavy atom. The number of hydrogen-bond donors (Lipinski definition) is 1. The number of pyridine rings is 1. The fourth-order valence-electron chi connectivity index (χ4n) is 2.71. The fourth-order valence-corrected chi connectivity index (χ4v) is 2.71. The number of aryl methyl sites for hydroxylation is 3. The summed E-state index contributed by atoms with van der Waals surface area (Å²) in [5, 5.41) is 11.6. The van der Waals surface area contributed by atoms with E-state index in [1.54, 1.807) is 6.92 Å². The van der Waals surface area contributed by atoms with Crippen LogP contribution in [0.25, 0.3) is 10.9 Å². The molecule has 24 heavy (non-hydrogen) atoms. The molecular formula is C18H20N4O2.